The summed E-state index contributed by atoms with van der Waals surface area (Å²) in [5.41, 5.74) is 6.86. The van der Waals surface area contributed by atoms with Gasteiger partial charge in [-0.1, -0.05) is 6.92 Å². The Balaban J connectivity index is 2.37. The van der Waals surface area contributed by atoms with Gasteiger partial charge < -0.3 is 20.6 Å². The van der Waals surface area contributed by atoms with Gasteiger partial charge in [-0.05, 0) is 13.3 Å². The number of nitrogens with two attached hydrogens (primary N) is 1. The Morgan fingerprint density at radius 1 is 1.58 bits per heavy atom. The Bertz CT molecular complexity index is 615. The minimum atomic E-state index is -0.310. The van der Waals surface area contributed by atoms with Crippen LogP contribution in [0.15, 0.2) is 11.0 Å². The molecule has 0 fully saturated rings. The molecule has 2 aromatic rings. The second kappa shape index (κ2) is 5.41. The first kappa shape index (κ1) is 13.6. The highest BCUT2D eigenvalue weighted by Gasteiger charge is 2.18. The summed E-state index contributed by atoms with van der Waals surface area (Å²) in [6.07, 6.45) is 1.86. The van der Waals surface area contributed by atoms with Crippen molar-refractivity contribution in [3.63, 3.8) is 0 Å². The number of aromatic amines is 2. The van der Waals surface area contributed by atoms with E-state index in [2.05, 4.69) is 15.0 Å². The van der Waals surface area contributed by atoms with Crippen LogP contribution in [0.1, 0.15) is 31.9 Å². The van der Waals surface area contributed by atoms with E-state index in [1.54, 1.807) is 6.20 Å². The van der Waals surface area contributed by atoms with Crippen LogP contribution in [0.25, 0.3) is 11.0 Å². The normalized spacial score (nSPS) is 14.7. The topological polar surface area (TPSA) is 117 Å². The van der Waals surface area contributed by atoms with Gasteiger partial charge in [0.1, 0.15) is 11.0 Å². The molecule has 0 amide bonds. The number of nitrogens with one attached hydrogen (secondary N) is 2. The Morgan fingerprint density at radius 3 is 2.95 bits per heavy atom. The van der Waals surface area contributed by atoms with Crippen molar-refractivity contribution >= 4 is 17.0 Å². The van der Waals surface area contributed by atoms with E-state index in [1.165, 1.54) is 0 Å². The van der Waals surface area contributed by atoms with Crippen LogP contribution in [0.2, 0.25) is 0 Å². The molecule has 0 aliphatic rings. The highest BCUT2D eigenvalue weighted by Crippen LogP contribution is 2.25. The second-order valence-corrected chi connectivity index (χ2v) is 4.41. The highest BCUT2D eigenvalue weighted by atomic mass is 16.5. The summed E-state index contributed by atoms with van der Waals surface area (Å²) in [6, 6.07) is 0. The molecule has 0 saturated carbocycles. The molecule has 0 aliphatic carbocycles. The molecule has 2 atom stereocenters. The van der Waals surface area contributed by atoms with Crippen molar-refractivity contribution in [1.29, 1.82) is 0 Å². The summed E-state index contributed by atoms with van der Waals surface area (Å²) < 4.78 is 5.72. The fourth-order valence-electron chi connectivity index (χ4n) is 1.99. The third-order valence-electron chi connectivity index (χ3n) is 3.08. The van der Waals surface area contributed by atoms with Gasteiger partial charge in [-0.15, -0.1) is 0 Å². The molecule has 2 rings (SSSR count). The van der Waals surface area contributed by atoms with Gasteiger partial charge in [0, 0.05) is 11.8 Å². The number of rotatable bonds is 5. The van der Waals surface area contributed by atoms with E-state index in [0.717, 1.165) is 5.56 Å². The van der Waals surface area contributed by atoms with Crippen molar-refractivity contribution in [2.75, 3.05) is 12.3 Å². The molecule has 0 radical (unpaired) electrons. The predicted octanol–water partition coefficient (Wildman–Crippen LogP) is 0.682. The van der Waals surface area contributed by atoms with Crippen LogP contribution in [0.3, 0.4) is 0 Å². The zero-order valence-electron chi connectivity index (χ0n) is 10.9. The van der Waals surface area contributed by atoms with Gasteiger partial charge in [-0.2, -0.15) is 0 Å². The minimum Gasteiger partial charge on any atom is -0.394 e. The van der Waals surface area contributed by atoms with Gasteiger partial charge in [0.05, 0.1) is 18.8 Å². The van der Waals surface area contributed by atoms with Crippen molar-refractivity contribution in [3.05, 3.63) is 22.1 Å². The lowest BCUT2D eigenvalue weighted by Gasteiger charge is -2.19. The third-order valence-corrected chi connectivity index (χ3v) is 3.08. The molecule has 2 unspecified atom stereocenters. The summed E-state index contributed by atoms with van der Waals surface area (Å²) in [5, 5.41) is 9.15. The quantitative estimate of drug-likeness (QED) is 0.635. The molecule has 19 heavy (non-hydrogen) atoms. The van der Waals surface area contributed by atoms with Crippen LogP contribution in [0.5, 0.6) is 0 Å². The Labute approximate surface area is 109 Å². The van der Waals surface area contributed by atoms with Crippen molar-refractivity contribution < 1.29 is 9.84 Å². The molecule has 0 bridgehead atoms. The lowest BCUT2D eigenvalue weighted by molar-refractivity contribution is -0.0334. The van der Waals surface area contributed by atoms with Crippen LogP contribution in [0, 0.1) is 0 Å². The predicted molar refractivity (Wildman–Crippen MR) is 71.8 cm³/mol. The van der Waals surface area contributed by atoms with E-state index in [-0.39, 0.29) is 30.3 Å². The minimum absolute atomic E-state index is 0.0423. The van der Waals surface area contributed by atoms with Gasteiger partial charge in [0.2, 0.25) is 5.95 Å². The average Bonchev–Trinajstić information content (AvgIpc) is 2.79. The van der Waals surface area contributed by atoms with Gasteiger partial charge in [-0.3, -0.25) is 9.78 Å². The summed E-state index contributed by atoms with van der Waals surface area (Å²) in [6.45, 7) is 3.74. The number of aliphatic hydroxyl groups is 1. The molecule has 104 valence electrons. The number of nitrogen functional groups attached to an aromatic ring is 1. The van der Waals surface area contributed by atoms with E-state index < -0.39 is 0 Å². The first-order chi connectivity index (χ1) is 9.06. The number of fused-ring (bicyclic) bond motifs is 1. The number of aromatic nitrogens is 3. The number of anilines is 1. The Hall–Kier alpha value is -1.86. The summed E-state index contributed by atoms with van der Waals surface area (Å²) in [4.78, 5) is 21.1. The van der Waals surface area contributed by atoms with Crippen molar-refractivity contribution in [2.45, 2.75) is 32.5 Å². The monoisotopic (exact) mass is 266 g/mol. The maximum atomic E-state index is 11.7. The molecule has 2 aromatic heterocycles. The lowest BCUT2D eigenvalue weighted by atomic mass is 10.2. The van der Waals surface area contributed by atoms with Crippen LogP contribution in [0.4, 0.5) is 5.95 Å². The fourth-order valence-corrected chi connectivity index (χ4v) is 1.99. The van der Waals surface area contributed by atoms with Gasteiger partial charge in [0.25, 0.3) is 5.56 Å². The maximum Gasteiger partial charge on any atom is 0.276 e. The van der Waals surface area contributed by atoms with E-state index in [0.29, 0.717) is 17.5 Å². The van der Waals surface area contributed by atoms with Crippen LogP contribution >= 0.6 is 0 Å². The van der Waals surface area contributed by atoms with Crippen LogP contribution in [-0.2, 0) is 4.74 Å². The molecular weight excluding hydrogens is 248 g/mol. The second-order valence-electron chi connectivity index (χ2n) is 4.41. The number of H-pyrrole nitrogens is 2. The summed E-state index contributed by atoms with van der Waals surface area (Å²) >= 11 is 0. The van der Waals surface area contributed by atoms with Crippen molar-refractivity contribution in [3.8, 4) is 0 Å². The van der Waals surface area contributed by atoms with E-state index >= 15 is 0 Å². The molecule has 7 heteroatoms. The maximum absolute atomic E-state index is 11.7. The third kappa shape index (κ3) is 2.61. The van der Waals surface area contributed by atoms with E-state index in [4.69, 9.17) is 15.6 Å². The number of aliphatic hydroxyl groups excluding tert-OH is 1. The van der Waals surface area contributed by atoms with Crippen molar-refractivity contribution in [1.82, 2.24) is 15.0 Å². The zero-order valence-corrected chi connectivity index (χ0v) is 10.9. The molecule has 0 aliphatic heterocycles. The lowest BCUT2D eigenvalue weighted by Crippen LogP contribution is -2.18. The summed E-state index contributed by atoms with van der Waals surface area (Å²) in [5.74, 6) is 0.0692. The largest absolute Gasteiger partial charge is 0.394 e. The first-order valence-corrected chi connectivity index (χ1v) is 6.19. The average molecular weight is 266 g/mol. The molecule has 2 heterocycles. The van der Waals surface area contributed by atoms with Crippen LogP contribution < -0.4 is 11.3 Å². The molecule has 5 N–H and O–H groups in total. The smallest absolute Gasteiger partial charge is 0.276 e. The van der Waals surface area contributed by atoms with E-state index in [1.807, 2.05) is 13.8 Å². The van der Waals surface area contributed by atoms with Gasteiger partial charge in [-0.25, -0.2) is 4.98 Å². The molecule has 0 spiro atoms. The first-order valence-electron chi connectivity index (χ1n) is 6.19. The van der Waals surface area contributed by atoms with E-state index in [9.17, 15) is 4.79 Å². The highest BCUT2D eigenvalue weighted by molar-refractivity contribution is 5.79. The number of nitrogens with zero attached hydrogens (tertiary/aromatic N) is 1. The Morgan fingerprint density at radius 2 is 2.32 bits per heavy atom. The fraction of sp³-hybridized carbons (Fsp3) is 0.500. The molecule has 0 saturated heterocycles. The molecule has 7 nitrogen and oxygen atoms in total. The SMILES string of the molecule is CCC(CO)OC(C)c1c[nH]c2c(=O)[nH]c(N)nc12. The number of ether oxygens (including phenoxy) is 1. The Kier molecular flexibility index (Phi) is 3.87. The molecular formula is C12H18N4O3. The number of hydrogen-bond acceptors (Lipinski definition) is 5. The standard InChI is InChI=1S/C12H18N4O3/c1-3-7(5-17)19-6(2)8-4-14-10-9(8)15-12(13)16-11(10)18/h4,6-7,14,17H,3,5H2,1-2H3,(H3,13,15,16,18). The number of hydrogen-bond donors (Lipinski definition) is 4. The summed E-state index contributed by atoms with van der Waals surface area (Å²) in [7, 11) is 0. The van der Waals surface area contributed by atoms with Crippen LogP contribution in [-0.4, -0.2) is 32.8 Å². The molecule has 0 aromatic carbocycles. The van der Waals surface area contributed by atoms with Gasteiger partial charge in [0.15, 0.2) is 0 Å². The van der Waals surface area contributed by atoms with Crippen molar-refractivity contribution in [2.24, 2.45) is 0 Å². The zero-order chi connectivity index (χ0) is 14.0. The van der Waals surface area contributed by atoms with Gasteiger partial charge >= 0.3 is 0 Å².